The number of anilines is 1. The second-order valence-electron chi connectivity index (χ2n) is 4.13. The summed E-state index contributed by atoms with van der Waals surface area (Å²) in [6.07, 6.45) is 1.83. The van der Waals surface area contributed by atoms with Crippen LogP contribution in [0.25, 0.3) is 0 Å². The minimum Gasteiger partial charge on any atom is -0.381 e. The maximum atomic E-state index is 5.19. The quantitative estimate of drug-likeness (QED) is 0.897. The molecular weight excluding hydrogens is 246 g/mol. The summed E-state index contributed by atoms with van der Waals surface area (Å²) in [6.45, 7) is 4.83. The van der Waals surface area contributed by atoms with Gasteiger partial charge in [-0.1, -0.05) is 6.92 Å². The van der Waals surface area contributed by atoms with Crippen molar-refractivity contribution in [2.24, 2.45) is 12.5 Å². The first-order chi connectivity index (χ1) is 6.61. The zero-order chi connectivity index (χ0) is 10.2. The van der Waals surface area contributed by atoms with Crippen LogP contribution in [0.15, 0.2) is 10.8 Å². The number of hydrogen-bond acceptors (Lipinski definition) is 3. The molecule has 0 bridgehead atoms. The zero-order valence-corrected chi connectivity index (χ0v) is 9.97. The molecule has 4 nitrogen and oxygen atoms in total. The number of aromatic nitrogens is 2. The van der Waals surface area contributed by atoms with Crippen LogP contribution in [0.2, 0.25) is 0 Å². The molecule has 0 saturated carbocycles. The van der Waals surface area contributed by atoms with E-state index in [2.05, 4.69) is 33.3 Å². The summed E-state index contributed by atoms with van der Waals surface area (Å²) >= 11 is 3.46. The fourth-order valence-electron chi connectivity index (χ4n) is 1.40. The van der Waals surface area contributed by atoms with E-state index in [0.29, 0.717) is 0 Å². The van der Waals surface area contributed by atoms with E-state index < -0.39 is 0 Å². The summed E-state index contributed by atoms with van der Waals surface area (Å²) in [5.74, 6) is 0. The van der Waals surface area contributed by atoms with E-state index >= 15 is 0 Å². The lowest BCUT2D eigenvalue weighted by Gasteiger charge is -2.38. The largest absolute Gasteiger partial charge is 0.381 e. The molecule has 0 atom stereocenters. The Kier molecular flexibility index (Phi) is 2.53. The third-order valence-corrected chi connectivity index (χ3v) is 3.41. The Bertz CT molecular complexity index is 333. The highest BCUT2D eigenvalue weighted by Crippen LogP contribution is 2.28. The van der Waals surface area contributed by atoms with Crippen molar-refractivity contribution in [3.05, 3.63) is 10.8 Å². The highest BCUT2D eigenvalue weighted by Gasteiger charge is 2.33. The van der Waals surface area contributed by atoms with Crippen LogP contribution in [0, 0.1) is 5.41 Å². The standard InChI is InChI=1S/C9H14BrN3O/c1-9(5-14-6-9)4-11-7-3-12-13(2)8(7)10/h3,11H,4-6H2,1-2H3. The lowest BCUT2D eigenvalue weighted by molar-refractivity contribution is -0.0924. The number of nitrogens with one attached hydrogen (secondary N) is 1. The molecular formula is C9H14BrN3O. The van der Waals surface area contributed by atoms with Crippen LogP contribution in [-0.2, 0) is 11.8 Å². The molecule has 0 aromatic carbocycles. The van der Waals surface area contributed by atoms with Gasteiger partial charge in [-0.05, 0) is 15.9 Å². The Hall–Kier alpha value is -0.550. The lowest BCUT2D eigenvalue weighted by Crippen LogP contribution is -2.45. The van der Waals surface area contributed by atoms with Gasteiger partial charge in [-0.3, -0.25) is 4.68 Å². The number of ether oxygens (including phenoxy) is 1. The lowest BCUT2D eigenvalue weighted by atomic mass is 9.89. The molecule has 0 aliphatic carbocycles. The van der Waals surface area contributed by atoms with E-state index in [1.165, 1.54) is 0 Å². The normalized spacial score (nSPS) is 19.1. The predicted octanol–water partition coefficient (Wildman–Crippen LogP) is 1.63. The number of rotatable bonds is 3. The van der Waals surface area contributed by atoms with Gasteiger partial charge in [0.05, 0.1) is 25.1 Å². The van der Waals surface area contributed by atoms with Crippen LogP contribution in [0.3, 0.4) is 0 Å². The van der Waals surface area contributed by atoms with Gasteiger partial charge in [-0.2, -0.15) is 5.10 Å². The summed E-state index contributed by atoms with van der Waals surface area (Å²) in [5.41, 5.74) is 1.33. The summed E-state index contributed by atoms with van der Waals surface area (Å²) in [7, 11) is 1.91. The fourth-order valence-corrected chi connectivity index (χ4v) is 1.74. The molecule has 78 valence electrons. The number of halogens is 1. The molecule has 14 heavy (non-hydrogen) atoms. The van der Waals surface area contributed by atoms with Crippen molar-refractivity contribution in [1.29, 1.82) is 0 Å². The minimum atomic E-state index is 0.287. The first kappa shape index (κ1) is 9.98. The number of nitrogens with zero attached hydrogens (tertiary/aromatic N) is 2. The molecule has 1 aromatic rings. The van der Waals surface area contributed by atoms with Crippen molar-refractivity contribution < 1.29 is 4.74 Å². The SMILES string of the molecule is Cn1ncc(NCC2(C)COC2)c1Br. The van der Waals surface area contributed by atoms with E-state index in [9.17, 15) is 0 Å². The van der Waals surface area contributed by atoms with Crippen molar-refractivity contribution in [3.63, 3.8) is 0 Å². The predicted molar refractivity (Wildman–Crippen MR) is 58.3 cm³/mol. The van der Waals surface area contributed by atoms with E-state index in [4.69, 9.17) is 4.74 Å². The van der Waals surface area contributed by atoms with E-state index in [1.54, 1.807) is 4.68 Å². The molecule has 1 N–H and O–H groups in total. The van der Waals surface area contributed by atoms with Gasteiger partial charge in [0.15, 0.2) is 0 Å². The van der Waals surface area contributed by atoms with Crippen molar-refractivity contribution in [2.75, 3.05) is 25.1 Å². The highest BCUT2D eigenvalue weighted by atomic mass is 79.9. The maximum absolute atomic E-state index is 5.19. The Morgan fingerprint density at radius 3 is 2.86 bits per heavy atom. The molecule has 1 fully saturated rings. The van der Waals surface area contributed by atoms with Gasteiger partial charge in [0.1, 0.15) is 4.60 Å². The van der Waals surface area contributed by atoms with Crippen LogP contribution < -0.4 is 5.32 Å². The average molecular weight is 260 g/mol. The third-order valence-electron chi connectivity index (χ3n) is 2.47. The van der Waals surface area contributed by atoms with E-state index in [1.807, 2.05) is 13.2 Å². The van der Waals surface area contributed by atoms with Crippen molar-refractivity contribution in [3.8, 4) is 0 Å². The first-order valence-corrected chi connectivity index (χ1v) is 5.39. The first-order valence-electron chi connectivity index (χ1n) is 4.60. The van der Waals surface area contributed by atoms with Crippen molar-refractivity contribution >= 4 is 21.6 Å². The van der Waals surface area contributed by atoms with E-state index in [-0.39, 0.29) is 5.41 Å². The Balaban J connectivity index is 1.94. The summed E-state index contributed by atoms with van der Waals surface area (Å²) < 4.78 is 7.97. The molecule has 1 saturated heterocycles. The van der Waals surface area contributed by atoms with Gasteiger partial charge in [-0.15, -0.1) is 0 Å². The summed E-state index contributed by atoms with van der Waals surface area (Å²) in [5, 5.41) is 7.50. The third kappa shape index (κ3) is 1.79. The zero-order valence-electron chi connectivity index (χ0n) is 8.38. The van der Waals surface area contributed by atoms with Gasteiger partial charge in [0, 0.05) is 19.0 Å². The molecule has 1 aromatic heterocycles. The molecule has 0 radical (unpaired) electrons. The Morgan fingerprint density at radius 2 is 2.43 bits per heavy atom. The topological polar surface area (TPSA) is 39.1 Å². The van der Waals surface area contributed by atoms with Crippen LogP contribution in [0.4, 0.5) is 5.69 Å². The molecule has 2 rings (SSSR count). The second kappa shape index (κ2) is 3.55. The highest BCUT2D eigenvalue weighted by molar-refractivity contribution is 9.10. The molecule has 2 heterocycles. The molecule has 0 amide bonds. The van der Waals surface area contributed by atoms with Gasteiger partial charge in [0.2, 0.25) is 0 Å². The number of aryl methyl sites for hydroxylation is 1. The molecule has 0 spiro atoms. The fraction of sp³-hybridized carbons (Fsp3) is 0.667. The van der Waals surface area contributed by atoms with Crippen LogP contribution in [0.1, 0.15) is 6.92 Å². The summed E-state index contributed by atoms with van der Waals surface area (Å²) in [6, 6.07) is 0. The molecule has 5 heteroatoms. The Labute approximate surface area is 91.8 Å². The smallest absolute Gasteiger partial charge is 0.126 e. The average Bonchev–Trinajstić information content (AvgIpc) is 2.42. The molecule has 0 unspecified atom stereocenters. The second-order valence-corrected chi connectivity index (χ2v) is 4.88. The van der Waals surface area contributed by atoms with Gasteiger partial charge < -0.3 is 10.1 Å². The monoisotopic (exact) mass is 259 g/mol. The van der Waals surface area contributed by atoms with Crippen molar-refractivity contribution in [2.45, 2.75) is 6.92 Å². The molecule has 1 aliphatic rings. The molecule has 1 aliphatic heterocycles. The van der Waals surface area contributed by atoms with Crippen LogP contribution in [-0.4, -0.2) is 29.5 Å². The maximum Gasteiger partial charge on any atom is 0.126 e. The van der Waals surface area contributed by atoms with Crippen LogP contribution >= 0.6 is 15.9 Å². The van der Waals surface area contributed by atoms with Gasteiger partial charge in [-0.25, -0.2) is 0 Å². The Morgan fingerprint density at radius 1 is 1.71 bits per heavy atom. The number of hydrogen-bond donors (Lipinski definition) is 1. The van der Waals surface area contributed by atoms with Crippen molar-refractivity contribution in [1.82, 2.24) is 9.78 Å². The summed E-state index contributed by atoms with van der Waals surface area (Å²) in [4.78, 5) is 0. The minimum absolute atomic E-state index is 0.287. The van der Waals surface area contributed by atoms with E-state index in [0.717, 1.165) is 30.0 Å². The van der Waals surface area contributed by atoms with Gasteiger partial charge >= 0.3 is 0 Å². The van der Waals surface area contributed by atoms with Gasteiger partial charge in [0.25, 0.3) is 0 Å². The van der Waals surface area contributed by atoms with Crippen LogP contribution in [0.5, 0.6) is 0 Å².